The zero-order chi connectivity index (χ0) is 14.3. The van der Waals surface area contributed by atoms with Crippen LogP contribution >= 0.6 is 15.9 Å². The second kappa shape index (κ2) is 4.68. The Bertz CT molecular complexity index is 903. The second-order valence-electron chi connectivity index (χ2n) is 4.41. The van der Waals surface area contributed by atoms with E-state index in [1.54, 1.807) is 30.5 Å². The Morgan fingerprint density at radius 2 is 2.05 bits per heavy atom. The molecule has 3 rings (SSSR count). The average molecular weight is 352 g/mol. The number of H-pyrrole nitrogens is 1. The molecule has 0 spiro atoms. The second-order valence-corrected chi connectivity index (χ2v) is 7.34. The Labute approximate surface area is 124 Å². The third-order valence-electron chi connectivity index (χ3n) is 2.84. The lowest BCUT2D eigenvalue weighted by molar-refractivity contribution is 0.602. The van der Waals surface area contributed by atoms with Gasteiger partial charge in [-0.15, -0.1) is 0 Å². The monoisotopic (exact) mass is 351 g/mol. The highest BCUT2D eigenvalue weighted by Crippen LogP contribution is 2.23. The van der Waals surface area contributed by atoms with Crippen molar-refractivity contribution in [2.75, 3.05) is 6.26 Å². The molecule has 5 nitrogen and oxygen atoms in total. The van der Waals surface area contributed by atoms with Crippen molar-refractivity contribution in [3.63, 3.8) is 0 Å². The molecule has 2 heterocycles. The van der Waals surface area contributed by atoms with Gasteiger partial charge in [0.15, 0.2) is 15.5 Å². The summed E-state index contributed by atoms with van der Waals surface area (Å²) in [4.78, 5) is 12.0. The van der Waals surface area contributed by atoms with Gasteiger partial charge in [-0.2, -0.15) is 0 Å². The Morgan fingerprint density at radius 1 is 1.25 bits per heavy atom. The highest BCUT2D eigenvalue weighted by molar-refractivity contribution is 9.10. The van der Waals surface area contributed by atoms with Crippen molar-refractivity contribution < 1.29 is 8.42 Å². The van der Waals surface area contributed by atoms with Gasteiger partial charge in [0.1, 0.15) is 5.82 Å². The lowest BCUT2D eigenvalue weighted by Crippen LogP contribution is -1.97. The maximum Gasteiger partial charge on any atom is 0.178 e. The number of hydrogen-bond donors (Lipinski definition) is 1. The Hall–Kier alpha value is -1.73. The summed E-state index contributed by atoms with van der Waals surface area (Å²) in [7, 11) is -3.23. The smallest absolute Gasteiger partial charge is 0.178 e. The summed E-state index contributed by atoms with van der Waals surface area (Å²) >= 11 is 3.35. The van der Waals surface area contributed by atoms with Crippen molar-refractivity contribution >= 4 is 36.9 Å². The van der Waals surface area contributed by atoms with E-state index in [0.717, 1.165) is 9.99 Å². The first-order valence-electron chi connectivity index (χ1n) is 5.75. The summed E-state index contributed by atoms with van der Waals surface area (Å²) in [5, 5.41) is 0. The maximum absolute atomic E-state index is 11.6. The van der Waals surface area contributed by atoms with Crippen LogP contribution in [0.2, 0.25) is 0 Å². The van der Waals surface area contributed by atoms with Crippen LogP contribution in [0.1, 0.15) is 0 Å². The van der Waals surface area contributed by atoms with Gasteiger partial charge in [0.25, 0.3) is 0 Å². The molecule has 20 heavy (non-hydrogen) atoms. The molecule has 0 fully saturated rings. The van der Waals surface area contributed by atoms with Crippen molar-refractivity contribution in [3.05, 3.63) is 41.0 Å². The number of imidazole rings is 1. The fourth-order valence-corrected chi connectivity index (χ4v) is 2.88. The van der Waals surface area contributed by atoms with Gasteiger partial charge < -0.3 is 4.98 Å². The molecule has 2 aromatic heterocycles. The zero-order valence-electron chi connectivity index (χ0n) is 10.5. The molecule has 0 saturated carbocycles. The summed E-state index contributed by atoms with van der Waals surface area (Å²) in [6.45, 7) is 0. The molecular formula is C13H10BrN3O2S. The van der Waals surface area contributed by atoms with Gasteiger partial charge in [0, 0.05) is 22.5 Å². The van der Waals surface area contributed by atoms with Gasteiger partial charge in [-0.05, 0) is 34.1 Å². The van der Waals surface area contributed by atoms with Crippen molar-refractivity contribution in [1.82, 2.24) is 15.0 Å². The van der Waals surface area contributed by atoms with Crippen molar-refractivity contribution in [1.29, 1.82) is 0 Å². The SMILES string of the molecule is CS(=O)(=O)c1cccc(-c2nc3ncc(Br)cc3[nH]2)c1. The molecular weight excluding hydrogens is 342 g/mol. The highest BCUT2D eigenvalue weighted by atomic mass is 79.9. The molecule has 0 saturated heterocycles. The fourth-order valence-electron chi connectivity index (χ4n) is 1.89. The normalized spacial score (nSPS) is 11.9. The number of nitrogens with zero attached hydrogens (tertiary/aromatic N) is 2. The third-order valence-corrected chi connectivity index (χ3v) is 4.38. The number of aromatic amines is 1. The highest BCUT2D eigenvalue weighted by Gasteiger charge is 2.11. The fraction of sp³-hybridized carbons (Fsp3) is 0.0769. The van der Waals surface area contributed by atoms with Crippen LogP contribution in [0.15, 0.2) is 45.9 Å². The number of nitrogens with one attached hydrogen (secondary N) is 1. The quantitative estimate of drug-likeness (QED) is 0.770. The molecule has 0 bridgehead atoms. The number of rotatable bonds is 2. The molecule has 1 N–H and O–H groups in total. The number of benzene rings is 1. The number of sulfone groups is 1. The Balaban J connectivity index is 2.16. The van der Waals surface area contributed by atoms with E-state index in [1.807, 2.05) is 6.07 Å². The van der Waals surface area contributed by atoms with Crippen LogP contribution in [-0.4, -0.2) is 29.6 Å². The lowest BCUT2D eigenvalue weighted by atomic mass is 10.2. The molecule has 102 valence electrons. The Morgan fingerprint density at radius 3 is 2.80 bits per heavy atom. The standard InChI is InChI=1S/C13H10BrN3O2S/c1-20(18,19)10-4-2-3-8(5-10)12-16-11-6-9(14)7-15-13(11)17-12/h2-7H,1H3,(H,15,16,17). The maximum atomic E-state index is 11.6. The van der Waals surface area contributed by atoms with E-state index in [9.17, 15) is 8.42 Å². The number of aromatic nitrogens is 3. The molecule has 3 aromatic rings. The topological polar surface area (TPSA) is 75.7 Å². The summed E-state index contributed by atoms with van der Waals surface area (Å²) in [5.41, 5.74) is 2.09. The minimum atomic E-state index is -3.23. The minimum Gasteiger partial charge on any atom is -0.337 e. The van der Waals surface area contributed by atoms with E-state index in [1.165, 1.54) is 6.26 Å². The van der Waals surface area contributed by atoms with Crippen LogP contribution in [0.3, 0.4) is 0 Å². The molecule has 0 aliphatic heterocycles. The van der Waals surface area contributed by atoms with Crippen LogP contribution in [0, 0.1) is 0 Å². The molecule has 0 unspecified atom stereocenters. The first-order chi connectivity index (χ1) is 9.43. The molecule has 0 aliphatic rings. The van der Waals surface area contributed by atoms with Gasteiger partial charge in [-0.1, -0.05) is 12.1 Å². The summed E-state index contributed by atoms with van der Waals surface area (Å²) in [6, 6.07) is 8.54. The van der Waals surface area contributed by atoms with E-state index >= 15 is 0 Å². The third kappa shape index (κ3) is 2.46. The number of halogens is 1. The zero-order valence-corrected chi connectivity index (χ0v) is 12.9. The van der Waals surface area contributed by atoms with Crippen LogP contribution in [-0.2, 0) is 9.84 Å². The van der Waals surface area contributed by atoms with Crippen molar-refractivity contribution in [3.8, 4) is 11.4 Å². The van der Waals surface area contributed by atoms with Gasteiger partial charge in [0.05, 0.1) is 10.4 Å². The van der Waals surface area contributed by atoms with Gasteiger partial charge >= 0.3 is 0 Å². The molecule has 0 amide bonds. The molecule has 0 aliphatic carbocycles. The molecule has 1 aromatic carbocycles. The predicted molar refractivity (Wildman–Crippen MR) is 80.1 cm³/mol. The molecule has 0 atom stereocenters. The number of fused-ring (bicyclic) bond motifs is 1. The predicted octanol–water partition coefficient (Wildman–Crippen LogP) is 2.79. The van der Waals surface area contributed by atoms with E-state index < -0.39 is 9.84 Å². The van der Waals surface area contributed by atoms with Crippen LogP contribution in [0.25, 0.3) is 22.6 Å². The van der Waals surface area contributed by atoms with Gasteiger partial charge in [-0.25, -0.2) is 18.4 Å². The van der Waals surface area contributed by atoms with E-state index in [-0.39, 0.29) is 4.90 Å². The van der Waals surface area contributed by atoms with E-state index in [0.29, 0.717) is 17.0 Å². The van der Waals surface area contributed by atoms with Crippen molar-refractivity contribution in [2.24, 2.45) is 0 Å². The molecule has 0 radical (unpaired) electrons. The van der Waals surface area contributed by atoms with E-state index in [2.05, 4.69) is 30.9 Å². The summed E-state index contributed by atoms with van der Waals surface area (Å²) < 4.78 is 24.0. The Kier molecular flexibility index (Phi) is 3.10. The summed E-state index contributed by atoms with van der Waals surface area (Å²) in [5.74, 6) is 0.594. The van der Waals surface area contributed by atoms with Crippen molar-refractivity contribution in [2.45, 2.75) is 4.90 Å². The lowest BCUT2D eigenvalue weighted by Gasteiger charge is -2.00. The van der Waals surface area contributed by atoms with Crippen LogP contribution < -0.4 is 0 Å². The van der Waals surface area contributed by atoms with Gasteiger partial charge in [0.2, 0.25) is 0 Å². The van der Waals surface area contributed by atoms with E-state index in [4.69, 9.17) is 0 Å². The minimum absolute atomic E-state index is 0.268. The van der Waals surface area contributed by atoms with Crippen LogP contribution in [0.5, 0.6) is 0 Å². The number of pyridine rings is 1. The molecule has 7 heteroatoms. The summed E-state index contributed by atoms with van der Waals surface area (Å²) in [6.07, 6.45) is 2.85. The first-order valence-corrected chi connectivity index (χ1v) is 8.44. The number of hydrogen-bond acceptors (Lipinski definition) is 4. The first kappa shape index (κ1) is 13.3. The largest absolute Gasteiger partial charge is 0.337 e. The van der Waals surface area contributed by atoms with Gasteiger partial charge in [-0.3, -0.25) is 0 Å². The van der Waals surface area contributed by atoms with Crippen LogP contribution in [0.4, 0.5) is 0 Å². The average Bonchev–Trinajstić information content (AvgIpc) is 2.81.